The van der Waals surface area contributed by atoms with Gasteiger partial charge in [-0.1, -0.05) is 29.5 Å². The molecule has 0 aliphatic carbocycles. The largest absolute Gasteiger partial charge is 0.465 e. The molecule has 2 aromatic rings. The summed E-state index contributed by atoms with van der Waals surface area (Å²) in [5.41, 5.74) is 1.01. The first kappa shape index (κ1) is 14.0. The molecule has 1 atom stereocenters. The van der Waals surface area contributed by atoms with Gasteiger partial charge in [0.15, 0.2) is 0 Å². The Labute approximate surface area is 118 Å². The van der Waals surface area contributed by atoms with Crippen LogP contribution in [0.1, 0.15) is 12.8 Å². The van der Waals surface area contributed by atoms with E-state index in [4.69, 9.17) is 4.74 Å². The molecule has 0 fully saturated rings. The van der Waals surface area contributed by atoms with E-state index in [1.54, 1.807) is 11.3 Å². The second kappa shape index (κ2) is 6.68. The number of allylic oxidation sites excluding steroid dienone is 1. The summed E-state index contributed by atoms with van der Waals surface area (Å²) in [5.74, 6) is 0. The third-order valence-corrected chi connectivity index (χ3v) is 3.73. The summed E-state index contributed by atoms with van der Waals surface area (Å²) in [4.78, 5) is 6.66. The first-order chi connectivity index (χ1) is 9.19. The van der Waals surface area contributed by atoms with Crippen molar-refractivity contribution in [2.45, 2.75) is 18.9 Å². The van der Waals surface area contributed by atoms with Crippen molar-refractivity contribution in [2.75, 3.05) is 20.6 Å². The van der Waals surface area contributed by atoms with Crippen molar-refractivity contribution in [1.82, 2.24) is 9.88 Å². The van der Waals surface area contributed by atoms with Crippen molar-refractivity contribution in [3.8, 4) is 5.19 Å². The minimum Gasteiger partial charge on any atom is -0.465 e. The fraction of sp³-hybridized carbons (Fsp3) is 0.400. The van der Waals surface area contributed by atoms with Crippen molar-refractivity contribution in [2.24, 2.45) is 0 Å². The lowest BCUT2D eigenvalue weighted by Gasteiger charge is -2.20. The highest BCUT2D eigenvalue weighted by Crippen LogP contribution is 2.28. The van der Waals surface area contributed by atoms with Gasteiger partial charge in [-0.25, -0.2) is 4.98 Å². The lowest BCUT2D eigenvalue weighted by molar-refractivity contribution is 0.152. The quantitative estimate of drug-likeness (QED) is 0.723. The van der Waals surface area contributed by atoms with Gasteiger partial charge in [-0.15, -0.1) is 6.58 Å². The van der Waals surface area contributed by atoms with E-state index in [0.29, 0.717) is 0 Å². The van der Waals surface area contributed by atoms with Gasteiger partial charge < -0.3 is 9.64 Å². The number of rotatable bonds is 7. The van der Waals surface area contributed by atoms with E-state index in [2.05, 4.69) is 36.6 Å². The van der Waals surface area contributed by atoms with Gasteiger partial charge in [-0.05, 0) is 39.1 Å². The molecule has 102 valence electrons. The molecule has 0 aliphatic heterocycles. The number of para-hydroxylation sites is 1. The Bertz CT molecular complexity index is 503. The fourth-order valence-corrected chi connectivity index (χ4v) is 2.82. The van der Waals surface area contributed by atoms with E-state index in [0.717, 1.165) is 30.1 Å². The minimum atomic E-state index is 0.161. The second-order valence-corrected chi connectivity index (χ2v) is 5.81. The molecule has 3 nitrogen and oxygen atoms in total. The minimum absolute atomic E-state index is 0.161. The van der Waals surface area contributed by atoms with E-state index < -0.39 is 0 Å². The van der Waals surface area contributed by atoms with Crippen molar-refractivity contribution >= 4 is 21.6 Å². The molecule has 4 heteroatoms. The highest BCUT2D eigenvalue weighted by atomic mass is 32.1. The summed E-state index contributed by atoms with van der Waals surface area (Å²) >= 11 is 1.61. The maximum absolute atomic E-state index is 6.03. The standard InChI is InChI=1S/C15H20N2OS/c1-4-5-8-12(11-17(2)3)18-15-16-13-9-6-7-10-14(13)19-15/h4,6-7,9-10,12H,1,5,8,11H2,2-3H3. The lowest BCUT2D eigenvalue weighted by Crippen LogP contribution is -2.30. The van der Waals surface area contributed by atoms with Crippen LogP contribution in [0.15, 0.2) is 36.9 Å². The number of aromatic nitrogens is 1. The lowest BCUT2D eigenvalue weighted by atomic mass is 10.2. The van der Waals surface area contributed by atoms with Crippen LogP contribution < -0.4 is 4.74 Å². The van der Waals surface area contributed by atoms with E-state index in [1.807, 2.05) is 24.3 Å². The number of ether oxygens (including phenoxy) is 1. The van der Waals surface area contributed by atoms with Crippen LogP contribution in [0.4, 0.5) is 0 Å². The van der Waals surface area contributed by atoms with Gasteiger partial charge in [0, 0.05) is 6.54 Å². The third kappa shape index (κ3) is 4.04. The van der Waals surface area contributed by atoms with E-state index in [9.17, 15) is 0 Å². The Morgan fingerprint density at radius 2 is 2.21 bits per heavy atom. The number of fused-ring (bicyclic) bond motifs is 1. The van der Waals surface area contributed by atoms with Crippen LogP contribution >= 0.6 is 11.3 Å². The Hall–Kier alpha value is -1.39. The second-order valence-electron chi connectivity index (χ2n) is 4.82. The molecular weight excluding hydrogens is 256 g/mol. The topological polar surface area (TPSA) is 25.4 Å². The zero-order valence-electron chi connectivity index (χ0n) is 11.5. The predicted molar refractivity (Wildman–Crippen MR) is 82.0 cm³/mol. The van der Waals surface area contributed by atoms with E-state index in [-0.39, 0.29) is 6.10 Å². The van der Waals surface area contributed by atoms with Gasteiger partial charge in [-0.3, -0.25) is 0 Å². The van der Waals surface area contributed by atoms with Crippen LogP contribution in [-0.2, 0) is 0 Å². The van der Waals surface area contributed by atoms with E-state index in [1.165, 1.54) is 4.70 Å². The first-order valence-electron chi connectivity index (χ1n) is 6.47. The molecule has 0 saturated heterocycles. The molecule has 1 heterocycles. The Balaban J connectivity index is 2.08. The van der Waals surface area contributed by atoms with Gasteiger partial charge in [-0.2, -0.15) is 0 Å². The van der Waals surface area contributed by atoms with Gasteiger partial charge in [0.25, 0.3) is 5.19 Å². The van der Waals surface area contributed by atoms with Crippen molar-refractivity contribution in [3.63, 3.8) is 0 Å². The zero-order chi connectivity index (χ0) is 13.7. The van der Waals surface area contributed by atoms with Gasteiger partial charge in [0.1, 0.15) is 6.10 Å². The molecule has 0 saturated carbocycles. The molecule has 0 amide bonds. The van der Waals surface area contributed by atoms with Crippen LogP contribution in [0.5, 0.6) is 5.19 Å². The maximum Gasteiger partial charge on any atom is 0.274 e. The molecular formula is C15H20N2OS. The fourth-order valence-electron chi connectivity index (χ4n) is 1.94. The number of nitrogens with zero attached hydrogens (tertiary/aromatic N) is 2. The van der Waals surface area contributed by atoms with Gasteiger partial charge in [0.05, 0.1) is 10.2 Å². The first-order valence-corrected chi connectivity index (χ1v) is 7.28. The van der Waals surface area contributed by atoms with Crippen LogP contribution in [0.2, 0.25) is 0 Å². The van der Waals surface area contributed by atoms with Crippen LogP contribution in [-0.4, -0.2) is 36.6 Å². The normalized spacial score (nSPS) is 12.8. The number of thiazole rings is 1. The summed E-state index contributed by atoms with van der Waals surface area (Å²) in [6.07, 6.45) is 4.03. The number of hydrogen-bond acceptors (Lipinski definition) is 4. The molecule has 0 N–H and O–H groups in total. The zero-order valence-corrected chi connectivity index (χ0v) is 12.3. The molecule has 0 aliphatic rings. The summed E-state index contributed by atoms with van der Waals surface area (Å²) in [5, 5.41) is 0.761. The average molecular weight is 276 g/mol. The van der Waals surface area contributed by atoms with Crippen molar-refractivity contribution in [1.29, 1.82) is 0 Å². The van der Waals surface area contributed by atoms with Crippen molar-refractivity contribution in [3.05, 3.63) is 36.9 Å². The molecule has 19 heavy (non-hydrogen) atoms. The van der Waals surface area contributed by atoms with E-state index >= 15 is 0 Å². The number of likely N-dealkylation sites (N-methyl/N-ethyl adjacent to an activating group) is 1. The molecule has 1 unspecified atom stereocenters. The Morgan fingerprint density at radius 3 is 2.89 bits per heavy atom. The van der Waals surface area contributed by atoms with Crippen molar-refractivity contribution < 1.29 is 4.74 Å². The monoisotopic (exact) mass is 276 g/mol. The molecule has 0 spiro atoms. The molecule has 2 rings (SSSR count). The molecule has 0 bridgehead atoms. The molecule has 0 radical (unpaired) electrons. The highest BCUT2D eigenvalue weighted by molar-refractivity contribution is 7.20. The summed E-state index contributed by atoms with van der Waals surface area (Å²) < 4.78 is 7.20. The van der Waals surface area contributed by atoms with Gasteiger partial charge >= 0.3 is 0 Å². The number of hydrogen-bond donors (Lipinski definition) is 0. The summed E-state index contributed by atoms with van der Waals surface area (Å²) in [6, 6.07) is 8.12. The van der Waals surface area contributed by atoms with Crippen LogP contribution in [0, 0.1) is 0 Å². The Kier molecular flexibility index (Phi) is 4.93. The predicted octanol–water partition coefficient (Wildman–Crippen LogP) is 3.57. The number of benzene rings is 1. The van der Waals surface area contributed by atoms with Gasteiger partial charge in [0.2, 0.25) is 0 Å². The Morgan fingerprint density at radius 1 is 1.42 bits per heavy atom. The smallest absolute Gasteiger partial charge is 0.274 e. The maximum atomic E-state index is 6.03. The third-order valence-electron chi connectivity index (χ3n) is 2.80. The summed E-state index contributed by atoms with van der Waals surface area (Å²) in [7, 11) is 4.12. The SMILES string of the molecule is C=CCCC(CN(C)C)Oc1nc2ccccc2s1. The van der Waals surface area contributed by atoms with Crippen LogP contribution in [0.3, 0.4) is 0 Å². The molecule has 1 aromatic heterocycles. The average Bonchev–Trinajstić information content (AvgIpc) is 2.77. The summed E-state index contributed by atoms with van der Waals surface area (Å²) in [6.45, 7) is 4.66. The van der Waals surface area contributed by atoms with Crippen LogP contribution in [0.25, 0.3) is 10.2 Å². The molecule has 1 aromatic carbocycles. The highest BCUT2D eigenvalue weighted by Gasteiger charge is 2.14.